The van der Waals surface area contributed by atoms with Crippen molar-refractivity contribution in [2.24, 2.45) is 5.92 Å². The molecule has 1 aliphatic carbocycles. The summed E-state index contributed by atoms with van der Waals surface area (Å²) in [5, 5.41) is 10.5. The Labute approximate surface area is 110 Å². The molecule has 1 aromatic rings. The summed E-state index contributed by atoms with van der Waals surface area (Å²) in [6, 6.07) is 4.84. The molecule has 1 aromatic carbocycles. The van der Waals surface area contributed by atoms with Gasteiger partial charge in [-0.05, 0) is 55.4 Å². The third kappa shape index (κ3) is 3.52. The van der Waals surface area contributed by atoms with E-state index in [1.807, 2.05) is 6.07 Å². The van der Waals surface area contributed by atoms with Crippen molar-refractivity contribution in [1.82, 2.24) is 0 Å². The molecule has 0 aliphatic heterocycles. The Kier molecular flexibility index (Phi) is 3.88. The average molecular weight is 301 g/mol. The van der Waals surface area contributed by atoms with Crippen LogP contribution in [0.5, 0.6) is 0 Å². The molecule has 1 nitrogen and oxygen atoms in total. The maximum Gasteiger partial charge on any atom is 0.124 e. The van der Waals surface area contributed by atoms with Crippen molar-refractivity contribution in [2.45, 2.75) is 44.6 Å². The van der Waals surface area contributed by atoms with Gasteiger partial charge in [0.2, 0.25) is 0 Å². The van der Waals surface area contributed by atoms with E-state index in [1.165, 1.54) is 12.1 Å². The molecule has 17 heavy (non-hydrogen) atoms. The van der Waals surface area contributed by atoms with Gasteiger partial charge < -0.3 is 5.11 Å². The molecule has 1 aliphatic rings. The van der Waals surface area contributed by atoms with Crippen molar-refractivity contribution in [3.05, 3.63) is 34.1 Å². The fourth-order valence-electron chi connectivity index (χ4n) is 2.57. The van der Waals surface area contributed by atoms with Crippen molar-refractivity contribution >= 4 is 15.9 Å². The number of hydrogen-bond donors (Lipinski definition) is 1. The molecule has 1 fully saturated rings. The lowest BCUT2D eigenvalue weighted by Crippen LogP contribution is -2.35. The Morgan fingerprint density at radius 1 is 1.35 bits per heavy atom. The van der Waals surface area contributed by atoms with E-state index >= 15 is 0 Å². The molecule has 1 N–H and O–H groups in total. The van der Waals surface area contributed by atoms with Crippen molar-refractivity contribution < 1.29 is 9.50 Å². The zero-order valence-electron chi connectivity index (χ0n) is 10.0. The van der Waals surface area contributed by atoms with E-state index in [1.54, 1.807) is 0 Å². The molecule has 0 atom stereocenters. The van der Waals surface area contributed by atoms with Gasteiger partial charge in [-0.25, -0.2) is 4.39 Å². The fourth-order valence-corrected chi connectivity index (χ4v) is 3.08. The Morgan fingerprint density at radius 2 is 2.00 bits per heavy atom. The topological polar surface area (TPSA) is 20.2 Å². The van der Waals surface area contributed by atoms with E-state index in [9.17, 15) is 9.50 Å². The molecule has 1 saturated carbocycles. The van der Waals surface area contributed by atoms with Crippen molar-refractivity contribution in [2.75, 3.05) is 0 Å². The van der Waals surface area contributed by atoms with Gasteiger partial charge in [0.15, 0.2) is 0 Å². The molecular weight excluding hydrogens is 283 g/mol. The molecule has 0 radical (unpaired) electrons. The molecule has 0 bridgehead atoms. The van der Waals surface area contributed by atoms with E-state index in [-0.39, 0.29) is 5.82 Å². The maximum absolute atomic E-state index is 13.3. The second kappa shape index (κ2) is 5.07. The predicted octanol–water partition coefficient (Wildman–Crippen LogP) is 4.07. The zero-order chi connectivity index (χ0) is 12.5. The van der Waals surface area contributed by atoms with E-state index in [0.29, 0.717) is 12.3 Å². The number of hydrogen-bond acceptors (Lipinski definition) is 1. The summed E-state index contributed by atoms with van der Waals surface area (Å²) in [5.74, 6) is 0.455. The minimum atomic E-state index is -0.639. The summed E-state index contributed by atoms with van der Waals surface area (Å²) in [6.45, 7) is 2.22. The maximum atomic E-state index is 13.3. The molecule has 3 heteroatoms. The summed E-state index contributed by atoms with van der Waals surface area (Å²) in [7, 11) is 0. The van der Waals surface area contributed by atoms with Crippen LogP contribution in [0.3, 0.4) is 0 Å². The highest BCUT2D eigenvalue weighted by Crippen LogP contribution is 2.34. The van der Waals surface area contributed by atoms with Gasteiger partial charge in [-0.15, -0.1) is 0 Å². The van der Waals surface area contributed by atoms with Gasteiger partial charge in [-0.2, -0.15) is 0 Å². The van der Waals surface area contributed by atoms with Crippen molar-refractivity contribution in [3.63, 3.8) is 0 Å². The summed E-state index contributed by atoms with van der Waals surface area (Å²) in [4.78, 5) is 0. The van der Waals surface area contributed by atoms with Crippen LogP contribution in [-0.4, -0.2) is 10.7 Å². The molecule has 0 spiro atoms. The van der Waals surface area contributed by atoms with E-state index in [4.69, 9.17) is 0 Å². The Morgan fingerprint density at radius 3 is 2.59 bits per heavy atom. The third-order valence-electron chi connectivity index (χ3n) is 3.66. The summed E-state index contributed by atoms with van der Waals surface area (Å²) >= 11 is 3.28. The van der Waals surface area contributed by atoms with Crippen LogP contribution in [0.25, 0.3) is 0 Å². The first-order chi connectivity index (χ1) is 7.97. The zero-order valence-corrected chi connectivity index (χ0v) is 11.6. The van der Waals surface area contributed by atoms with Crippen LogP contribution in [0.2, 0.25) is 0 Å². The fraction of sp³-hybridized carbons (Fsp3) is 0.571. The van der Waals surface area contributed by atoms with Gasteiger partial charge in [0.1, 0.15) is 5.82 Å². The molecule has 0 aromatic heterocycles. The van der Waals surface area contributed by atoms with Crippen LogP contribution in [0.4, 0.5) is 4.39 Å². The summed E-state index contributed by atoms with van der Waals surface area (Å²) in [6.07, 6.45) is 4.32. The van der Waals surface area contributed by atoms with Crippen LogP contribution in [-0.2, 0) is 6.42 Å². The Bertz CT molecular complexity index is 377. The highest BCUT2D eigenvalue weighted by atomic mass is 79.9. The monoisotopic (exact) mass is 300 g/mol. The van der Waals surface area contributed by atoms with Crippen LogP contribution in [0.1, 0.15) is 38.2 Å². The second-order valence-corrected chi connectivity index (χ2v) is 6.28. The lowest BCUT2D eigenvalue weighted by atomic mass is 9.76. The van der Waals surface area contributed by atoms with E-state index in [2.05, 4.69) is 22.9 Å². The van der Waals surface area contributed by atoms with Gasteiger partial charge in [0.25, 0.3) is 0 Å². The minimum absolute atomic E-state index is 0.248. The molecule has 0 unspecified atom stereocenters. The normalized spacial score (nSPS) is 29.3. The van der Waals surface area contributed by atoms with Crippen LogP contribution < -0.4 is 0 Å². The molecule has 0 amide bonds. The molecular formula is C14H18BrFO. The minimum Gasteiger partial charge on any atom is -0.390 e. The van der Waals surface area contributed by atoms with Crippen LogP contribution >= 0.6 is 15.9 Å². The van der Waals surface area contributed by atoms with Crippen molar-refractivity contribution in [1.29, 1.82) is 0 Å². The Hall–Kier alpha value is -0.410. The molecule has 2 rings (SSSR count). The standard InChI is InChI=1S/C14H18BrFO/c1-10-2-4-14(17,5-3-10)9-11-6-12(15)8-13(16)7-11/h6-8,10,17H,2-5,9H2,1H3. The number of halogens is 2. The molecule has 0 saturated heterocycles. The summed E-state index contributed by atoms with van der Waals surface area (Å²) in [5.41, 5.74) is 0.230. The van der Waals surface area contributed by atoms with Gasteiger partial charge in [-0.1, -0.05) is 22.9 Å². The lowest BCUT2D eigenvalue weighted by molar-refractivity contribution is -0.00672. The van der Waals surface area contributed by atoms with E-state index in [0.717, 1.165) is 35.7 Å². The largest absolute Gasteiger partial charge is 0.390 e. The summed E-state index contributed by atoms with van der Waals surface area (Å²) < 4.78 is 14.0. The first-order valence-corrected chi connectivity index (χ1v) is 6.93. The predicted molar refractivity (Wildman–Crippen MR) is 70.4 cm³/mol. The highest BCUT2D eigenvalue weighted by molar-refractivity contribution is 9.10. The second-order valence-electron chi connectivity index (χ2n) is 5.36. The van der Waals surface area contributed by atoms with Gasteiger partial charge in [-0.3, -0.25) is 0 Å². The van der Waals surface area contributed by atoms with Crippen LogP contribution in [0.15, 0.2) is 22.7 Å². The number of rotatable bonds is 2. The van der Waals surface area contributed by atoms with Gasteiger partial charge in [0, 0.05) is 10.9 Å². The Balaban J connectivity index is 2.09. The third-order valence-corrected chi connectivity index (χ3v) is 4.12. The van der Waals surface area contributed by atoms with Crippen LogP contribution in [0, 0.1) is 11.7 Å². The SMILES string of the molecule is CC1CCC(O)(Cc2cc(F)cc(Br)c2)CC1. The first kappa shape index (κ1) is 13.0. The molecule has 94 valence electrons. The lowest BCUT2D eigenvalue weighted by Gasteiger charge is -2.35. The average Bonchev–Trinajstić information content (AvgIpc) is 2.21. The molecule has 0 heterocycles. The van der Waals surface area contributed by atoms with Crippen molar-refractivity contribution in [3.8, 4) is 0 Å². The van der Waals surface area contributed by atoms with Gasteiger partial charge in [0.05, 0.1) is 5.60 Å². The van der Waals surface area contributed by atoms with Gasteiger partial charge >= 0.3 is 0 Å². The first-order valence-electron chi connectivity index (χ1n) is 6.14. The highest BCUT2D eigenvalue weighted by Gasteiger charge is 2.31. The quantitative estimate of drug-likeness (QED) is 0.873. The smallest absolute Gasteiger partial charge is 0.124 e. The van der Waals surface area contributed by atoms with E-state index < -0.39 is 5.60 Å². The number of aliphatic hydroxyl groups is 1. The number of benzene rings is 1.